The van der Waals surface area contributed by atoms with Crippen LogP contribution in [0.2, 0.25) is 0 Å². The highest BCUT2D eigenvalue weighted by Gasteiger charge is 2.39. The molecule has 1 aromatic heterocycles. The smallest absolute Gasteiger partial charge is 0.228 e. The lowest BCUT2D eigenvalue weighted by molar-refractivity contribution is -0.134. The number of nitrogens with zero attached hydrogens (tertiary/aromatic N) is 5. The Morgan fingerprint density at radius 1 is 1.24 bits per heavy atom. The summed E-state index contributed by atoms with van der Waals surface area (Å²) in [4.78, 5) is 29.2. The normalized spacial score (nSPS) is 22.0. The van der Waals surface area contributed by atoms with E-state index in [1.165, 1.54) is 5.56 Å². The molecule has 0 bridgehead atoms. The van der Waals surface area contributed by atoms with E-state index in [9.17, 15) is 9.59 Å². The third-order valence-electron chi connectivity index (χ3n) is 5.98. The van der Waals surface area contributed by atoms with E-state index in [2.05, 4.69) is 10.3 Å². The number of aryl methyl sites for hydroxylation is 2. The van der Waals surface area contributed by atoms with Crippen LogP contribution < -0.4 is 4.90 Å². The molecule has 3 heterocycles. The molecule has 0 unspecified atom stereocenters. The molecule has 2 amide bonds. The number of ether oxygens (including phenoxy) is 1. The Balaban J connectivity index is 1.39. The number of benzene rings is 1. The molecule has 154 valence electrons. The summed E-state index contributed by atoms with van der Waals surface area (Å²) in [5.74, 6) is -0.213. The number of amides is 2. The molecule has 1 aromatic carbocycles. The molecule has 29 heavy (non-hydrogen) atoms. The van der Waals surface area contributed by atoms with Crippen molar-refractivity contribution >= 4 is 17.5 Å². The SMILES string of the molecule is COCc1cn([C@H]2CCN(C(=O)[C@H]3CC(=O)N(c4ccc(C)c(C)c4)C3)C2)nn1. The number of anilines is 1. The summed E-state index contributed by atoms with van der Waals surface area (Å²) in [5.41, 5.74) is 4.00. The Bertz CT molecular complexity index is 925. The summed E-state index contributed by atoms with van der Waals surface area (Å²) in [6.45, 7) is 6.24. The molecule has 2 aliphatic rings. The van der Waals surface area contributed by atoms with E-state index in [1.807, 2.05) is 47.8 Å². The number of carbonyl (C=O) groups excluding carboxylic acids is 2. The van der Waals surface area contributed by atoms with Gasteiger partial charge in [0, 0.05) is 38.9 Å². The first kappa shape index (κ1) is 19.6. The minimum atomic E-state index is -0.289. The molecule has 0 saturated carbocycles. The quantitative estimate of drug-likeness (QED) is 0.769. The zero-order valence-electron chi connectivity index (χ0n) is 17.2. The highest BCUT2D eigenvalue weighted by molar-refractivity contribution is 6.00. The van der Waals surface area contributed by atoms with Gasteiger partial charge in [0.15, 0.2) is 0 Å². The molecule has 0 radical (unpaired) electrons. The summed E-state index contributed by atoms with van der Waals surface area (Å²) >= 11 is 0. The number of aromatic nitrogens is 3. The minimum absolute atomic E-state index is 0.0165. The lowest BCUT2D eigenvalue weighted by atomic mass is 10.1. The van der Waals surface area contributed by atoms with E-state index in [0.29, 0.717) is 26.2 Å². The molecule has 2 atom stereocenters. The topological polar surface area (TPSA) is 80.6 Å². The first-order chi connectivity index (χ1) is 14.0. The van der Waals surface area contributed by atoms with Gasteiger partial charge >= 0.3 is 0 Å². The van der Waals surface area contributed by atoms with E-state index in [0.717, 1.165) is 23.4 Å². The lowest BCUT2D eigenvalue weighted by Gasteiger charge is -2.21. The molecule has 8 nitrogen and oxygen atoms in total. The minimum Gasteiger partial charge on any atom is -0.378 e. The van der Waals surface area contributed by atoms with E-state index < -0.39 is 0 Å². The van der Waals surface area contributed by atoms with Crippen LogP contribution in [-0.2, 0) is 20.9 Å². The molecule has 8 heteroatoms. The maximum Gasteiger partial charge on any atom is 0.228 e. The zero-order chi connectivity index (χ0) is 20.5. The van der Waals surface area contributed by atoms with E-state index >= 15 is 0 Å². The summed E-state index contributed by atoms with van der Waals surface area (Å²) in [6, 6.07) is 6.12. The molecule has 2 aliphatic heterocycles. The van der Waals surface area contributed by atoms with Crippen molar-refractivity contribution in [1.29, 1.82) is 0 Å². The second kappa shape index (κ2) is 7.94. The monoisotopic (exact) mass is 397 g/mol. The number of carbonyl (C=O) groups is 2. The van der Waals surface area contributed by atoms with Gasteiger partial charge in [-0.25, -0.2) is 4.68 Å². The van der Waals surface area contributed by atoms with Crippen LogP contribution in [0.4, 0.5) is 5.69 Å². The molecule has 2 aromatic rings. The highest BCUT2D eigenvalue weighted by atomic mass is 16.5. The standard InChI is InChI=1S/C21H27N5O3/c1-14-4-5-18(8-15(14)2)25-10-16(9-20(25)27)21(28)24-7-6-19(12-24)26-11-17(13-29-3)22-23-26/h4-5,8,11,16,19H,6-7,9-10,12-13H2,1-3H3/t16-,19-/m0/s1. The van der Waals surface area contributed by atoms with Gasteiger partial charge in [0.1, 0.15) is 5.69 Å². The van der Waals surface area contributed by atoms with Gasteiger partial charge in [-0.3, -0.25) is 9.59 Å². The Morgan fingerprint density at radius 2 is 2.07 bits per heavy atom. The van der Waals surface area contributed by atoms with Gasteiger partial charge in [-0.15, -0.1) is 5.10 Å². The van der Waals surface area contributed by atoms with Crippen LogP contribution in [-0.4, -0.2) is 58.5 Å². The first-order valence-electron chi connectivity index (χ1n) is 10.0. The predicted molar refractivity (Wildman–Crippen MR) is 107 cm³/mol. The third kappa shape index (κ3) is 3.89. The van der Waals surface area contributed by atoms with E-state index in [1.54, 1.807) is 12.0 Å². The molecule has 0 spiro atoms. The molecule has 4 rings (SSSR count). The molecule has 2 fully saturated rings. The van der Waals surface area contributed by atoms with Gasteiger partial charge in [0.25, 0.3) is 0 Å². The fraction of sp³-hybridized carbons (Fsp3) is 0.524. The van der Waals surface area contributed by atoms with E-state index in [4.69, 9.17) is 4.74 Å². The van der Waals surface area contributed by atoms with Crippen molar-refractivity contribution in [3.05, 3.63) is 41.2 Å². The molecule has 0 N–H and O–H groups in total. The number of likely N-dealkylation sites (tertiary alicyclic amines) is 1. The Morgan fingerprint density at radius 3 is 2.83 bits per heavy atom. The van der Waals surface area contributed by atoms with Crippen LogP contribution in [0.5, 0.6) is 0 Å². The van der Waals surface area contributed by atoms with Crippen LogP contribution in [0.3, 0.4) is 0 Å². The van der Waals surface area contributed by atoms with Crippen molar-refractivity contribution in [3.63, 3.8) is 0 Å². The van der Waals surface area contributed by atoms with Gasteiger partial charge < -0.3 is 14.5 Å². The van der Waals surface area contributed by atoms with Crippen molar-refractivity contribution in [1.82, 2.24) is 19.9 Å². The summed E-state index contributed by atoms with van der Waals surface area (Å²) in [5, 5.41) is 8.27. The molecular formula is C21H27N5O3. The average molecular weight is 397 g/mol. The van der Waals surface area contributed by atoms with Gasteiger partial charge in [0.05, 0.1) is 24.8 Å². The third-order valence-corrected chi connectivity index (χ3v) is 5.98. The number of rotatable bonds is 5. The van der Waals surface area contributed by atoms with Crippen LogP contribution in [0, 0.1) is 19.8 Å². The molecular weight excluding hydrogens is 370 g/mol. The van der Waals surface area contributed by atoms with Crippen LogP contribution in [0.25, 0.3) is 0 Å². The van der Waals surface area contributed by atoms with Crippen molar-refractivity contribution in [2.75, 3.05) is 31.6 Å². The predicted octanol–water partition coefficient (Wildman–Crippen LogP) is 1.87. The maximum atomic E-state index is 13.1. The van der Waals surface area contributed by atoms with Gasteiger partial charge in [-0.2, -0.15) is 0 Å². The summed E-state index contributed by atoms with van der Waals surface area (Å²) in [6.07, 6.45) is 2.99. The van der Waals surface area contributed by atoms with Crippen molar-refractivity contribution in [3.8, 4) is 0 Å². The second-order valence-electron chi connectivity index (χ2n) is 8.02. The van der Waals surface area contributed by atoms with Crippen LogP contribution >= 0.6 is 0 Å². The largest absolute Gasteiger partial charge is 0.378 e. The Hall–Kier alpha value is -2.74. The maximum absolute atomic E-state index is 13.1. The number of hydrogen-bond acceptors (Lipinski definition) is 5. The fourth-order valence-corrected chi connectivity index (χ4v) is 4.14. The van der Waals surface area contributed by atoms with Crippen LogP contribution in [0.1, 0.15) is 35.7 Å². The van der Waals surface area contributed by atoms with E-state index in [-0.39, 0.29) is 30.2 Å². The number of methoxy groups -OCH3 is 1. The highest BCUT2D eigenvalue weighted by Crippen LogP contribution is 2.30. The van der Waals surface area contributed by atoms with Crippen LogP contribution in [0.15, 0.2) is 24.4 Å². The Labute approximate surface area is 170 Å². The van der Waals surface area contributed by atoms with Gasteiger partial charge in [0.2, 0.25) is 11.8 Å². The summed E-state index contributed by atoms with van der Waals surface area (Å²) < 4.78 is 6.91. The molecule has 2 saturated heterocycles. The van der Waals surface area contributed by atoms with Crippen molar-refractivity contribution in [2.45, 2.75) is 39.3 Å². The van der Waals surface area contributed by atoms with Crippen molar-refractivity contribution in [2.24, 2.45) is 5.92 Å². The second-order valence-corrected chi connectivity index (χ2v) is 8.02. The average Bonchev–Trinajstić information content (AvgIpc) is 3.43. The summed E-state index contributed by atoms with van der Waals surface area (Å²) in [7, 11) is 1.62. The number of hydrogen-bond donors (Lipinski definition) is 0. The first-order valence-corrected chi connectivity index (χ1v) is 10.0. The van der Waals surface area contributed by atoms with Gasteiger partial charge in [-0.05, 0) is 43.5 Å². The zero-order valence-corrected chi connectivity index (χ0v) is 17.2. The fourth-order valence-electron chi connectivity index (χ4n) is 4.14. The Kier molecular flexibility index (Phi) is 5.36. The molecule has 0 aliphatic carbocycles. The van der Waals surface area contributed by atoms with Crippen molar-refractivity contribution < 1.29 is 14.3 Å². The van der Waals surface area contributed by atoms with Gasteiger partial charge in [-0.1, -0.05) is 11.3 Å². The lowest BCUT2D eigenvalue weighted by Crippen LogP contribution is -2.36.